The molecule has 0 aromatic heterocycles. The maximum atomic E-state index is 14.6. The number of likely N-dealkylation sites (tertiary alicyclic amines) is 1. The lowest BCUT2D eigenvalue weighted by atomic mass is 9.70. The number of hydrogen-bond acceptors (Lipinski definition) is 7. The Morgan fingerprint density at radius 1 is 1.04 bits per heavy atom. The van der Waals surface area contributed by atoms with Crippen molar-refractivity contribution in [3.8, 4) is 11.5 Å². The first-order valence-electron chi connectivity index (χ1n) is 15.2. The minimum absolute atomic E-state index is 0.145. The number of carbonyl (C=O) groups excluding carboxylic acids is 3. The highest BCUT2D eigenvalue weighted by atomic mass is 79.9. The summed E-state index contributed by atoms with van der Waals surface area (Å²) in [5.41, 5.74) is 0.00405. The first-order valence-corrected chi connectivity index (χ1v) is 16.1. The van der Waals surface area contributed by atoms with Crippen molar-refractivity contribution in [2.45, 2.75) is 42.3 Å². The Kier molecular flexibility index (Phi) is 10.0. The fourth-order valence-corrected chi connectivity index (χ4v) is 8.00. The van der Waals surface area contributed by atoms with Crippen LogP contribution in [0.4, 0.5) is 11.4 Å². The molecule has 3 saturated heterocycles. The summed E-state index contributed by atoms with van der Waals surface area (Å²) >= 11 is 3.75. The molecule has 0 radical (unpaired) electrons. The van der Waals surface area contributed by atoms with Crippen LogP contribution in [0.3, 0.4) is 0 Å². The summed E-state index contributed by atoms with van der Waals surface area (Å²) in [6, 6.07) is 13.3. The third-order valence-corrected chi connectivity index (χ3v) is 9.71. The van der Waals surface area contributed by atoms with Gasteiger partial charge in [-0.15, -0.1) is 13.2 Å². The van der Waals surface area contributed by atoms with Gasteiger partial charge in [0.15, 0.2) is 0 Å². The summed E-state index contributed by atoms with van der Waals surface area (Å²) in [7, 11) is 1.57. The number of aliphatic hydroxyl groups is 1. The number of rotatable bonds is 14. The van der Waals surface area contributed by atoms with Crippen molar-refractivity contribution in [1.82, 2.24) is 4.90 Å². The van der Waals surface area contributed by atoms with Crippen LogP contribution in [0.15, 0.2) is 73.8 Å². The van der Waals surface area contributed by atoms with E-state index in [4.69, 9.17) is 14.2 Å². The van der Waals surface area contributed by atoms with E-state index in [2.05, 4.69) is 29.1 Å². The number of halogens is 1. The first-order chi connectivity index (χ1) is 21.8. The predicted octanol–water partition coefficient (Wildman–Crippen LogP) is 3.96. The highest BCUT2D eigenvalue weighted by Crippen LogP contribution is 2.60. The van der Waals surface area contributed by atoms with Gasteiger partial charge < -0.3 is 34.0 Å². The number of carbonyl (C=O) groups is 3. The lowest BCUT2D eigenvalue weighted by Crippen LogP contribution is -2.57. The van der Waals surface area contributed by atoms with Crippen LogP contribution in [-0.4, -0.2) is 90.3 Å². The van der Waals surface area contributed by atoms with Gasteiger partial charge in [0.2, 0.25) is 11.8 Å². The minimum atomic E-state index is -1.24. The Balaban J connectivity index is 1.54. The molecular formula is C34H40BrN3O7. The molecule has 2 aromatic rings. The van der Waals surface area contributed by atoms with E-state index in [1.165, 1.54) is 4.90 Å². The van der Waals surface area contributed by atoms with Gasteiger partial charge in [0.1, 0.15) is 23.1 Å². The molecule has 2 bridgehead atoms. The number of nitrogens with zero attached hydrogens (tertiary/aromatic N) is 3. The van der Waals surface area contributed by atoms with Crippen LogP contribution in [0.2, 0.25) is 0 Å². The summed E-state index contributed by atoms with van der Waals surface area (Å²) in [6.45, 7) is 10.5. The second kappa shape index (κ2) is 13.8. The summed E-state index contributed by atoms with van der Waals surface area (Å²) in [6.07, 6.45) is 3.30. The Labute approximate surface area is 272 Å². The number of amides is 3. The van der Waals surface area contributed by atoms with Crippen LogP contribution in [-0.2, 0) is 19.1 Å². The molecule has 45 heavy (non-hydrogen) atoms. The molecule has 3 unspecified atom stereocenters. The maximum absolute atomic E-state index is 14.6. The molecule has 3 aliphatic rings. The Hall–Kier alpha value is -3.67. The van der Waals surface area contributed by atoms with E-state index in [9.17, 15) is 19.5 Å². The van der Waals surface area contributed by atoms with E-state index in [1.54, 1.807) is 77.6 Å². The highest BCUT2D eigenvalue weighted by Gasteiger charge is 2.77. The van der Waals surface area contributed by atoms with Crippen molar-refractivity contribution in [2.75, 3.05) is 49.8 Å². The fraction of sp³-hybridized carbons (Fsp3) is 0.441. The number of methoxy groups -OCH3 is 1. The zero-order valence-electron chi connectivity index (χ0n) is 25.6. The quantitative estimate of drug-likeness (QED) is 0.238. The average molecular weight is 683 g/mol. The van der Waals surface area contributed by atoms with Gasteiger partial charge in [-0.1, -0.05) is 28.1 Å². The number of hydrogen-bond donors (Lipinski definition) is 1. The van der Waals surface area contributed by atoms with Gasteiger partial charge in [0.05, 0.1) is 31.7 Å². The summed E-state index contributed by atoms with van der Waals surface area (Å²) < 4.78 is 17.6. The van der Waals surface area contributed by atoms with Crippen LogP contribution >= 0.6 is 15.9 Å². The normalized spacial score (nSPS) is 26.4. The van der Waals surface area contributed by atoms with Crippen molar-refractivity contribution < 1.29 is 33.7 Å². The summed E-state index contributed by atoms with van der Waals surface area (Å²) in [5, 5.41) is 9.71. The molecule has 3 heterocycles. The molecule has 3 aliphatic heterocycles. The number of ether oxygens (including phenoxy) is 3. The molecule has 11 heteroatoms. The molecular weight excluding hydrogens is 642 g/mol. The fourth-order valence-electron chi connectivity index (χ4n) is 7.05. The topological polar surface area (TPSA) is 109 Å². The number of anilines is 2. The van der Waals surface area contributed by atoms with Gasteiger partial charge in [0, 0.05) is 42.4 Å². The second-order valence-electron chi connectivity index (χ2n) is 11.4. The standard InChI is InChI=1S/C34H40BrN3O7/c1-5-17-36(22-11-15-25(16-12-22)44-7-3)31(40)27-28-32(41)38(19-8-20-39)30(34(28)21-26(35)29(27)45-34)33(42)37(18-6-2)23-9-13-24(43-4)14-10-23/h5-6,9-16,26-30,39H,1-2,7-8,17-21H2,3-4H3/t26?,27-,28-,29-,30?,34?/m0/s1. The van der Waals surface area contributed by atoms with E-state index >= 15 is 0 Å². The lowest BCUT2D eigenvalue weighted by Gasteiger charge is -2.37. The van der Waals surface area contributed by atoms with Crippen LogP contribution in [0, 0.1) is 11.8 Å². The molecule has 5 rings (SSSR count). The second-order valence-corrected chi connectivity index (χ2v) is 12.5. The molecule has 2 aromatic carbocycles. The van der Waals surface area contributed by atoms with Crippen molar-refractivity contribution in [3.63, 3.8) is 0 Å². The average Bonchev–Trinajstić information content (AvgIpc) is 3.64. The molecule has 10 nitrogen and oxygen atoms in total. The van der Waals surface area contributed by atoms with E-state index in [0.717, 1.165) is 0 Å². The molecule has 3 fully saturated rings. The van der Waals surface area contributed by atoms with Crippen molar-refractivity contribution in [2.24, 2.45) is 11.8 Å². The van der Waals surface area contributed by atoms with Crippen LogP contribution in [0.25, 0.3) is 0 Å². The van der Waals surface area contributed by atoms with Gasteiger partial charge in [-0.3, -0.25) is 14.4 Å². The Bertz CT molecular complexity index is 1420. The molecule has 1 spiro atoms. The largest absolute Gasteiger partial charge is 0.497 e. The number of fused-ring (bicyclic) bond motifs is 1. The van der Waals surface area contributed by atoms with Crippen molar-refractivity contribution >= 4 is 45.0 Å². The van der Waals surface area contributed by atoms with E-state index in [1.807, 2.05) is 6.92 Å². The van der Waals surface area contributed by atoms with Crippen LogP contribution < -0.4 is 19.3 Å². The molecule has 6 atom stereocenters. The van der Waals surface area contributed by atoms with Gasteiger partial charge in [-0.05, 0) is 68.3 Å². The third kappa shape index (κ3) is 5.77. The van der Waals surface area contributed by atoms with Crippen LogP contribution in [0.5, 0.6) is 11.5 Å². The van der Waals surface area contributed by atoms with E-state index in [0.29, 0.717) is 35.9 Å². The first kappa shape index (κ1) is 32.7. The van der Waals surface area contributed by atoms with Gasteiger partial charge in [-0.25, -0.2) is 0 Å². The van der Waals surface area contributed by atoms with Crippen LogP contribution in [0.1, 0.15) is 19.8 Å². The van der Waals surface area contributed by atoms with Gasteiger partial charge in [0.25, 0.3) is 5.91 Å². The third-order valence-electron chi connectivity index (χ3n) is 8.86. The number of benzene rings is 2. The lowest BCUT2D eigenvalue weighted by molar-refractivity contribution is -0.140. The van der Waals surface area contributed by atoms with Gasteiger partial charge in [-0.2, -0.15) is 0 Å². The molecule has 240 valence electrons. The van der Waals surface area contributed by atoms with E-state index < -0.39 is 29.6 Å². The molecule has 1 N–H and O–H groups in total. The smallest absolute Gasteiger partial charge is 0.253 e. The minimum Gasteiger partial charge on any atom is -0.497 e. The van der Waals surface area contributed by atoms with Crippen molar-refractivity contribution in [3.05, 3.63) is 73.8 Å². The zero-order chi connectivity index (χ0) is 32.3. The molecule has 0 saturated carbocycles. The number of alkyl halides is 1. The predicted molar refractivity (Wildman–Crippen MR) is 175 cm³/mol. The SMILES string of the molecule is C=CCN(C(=O)C1N(CCCO)C(=O)[C@@H]2[C@H](C(=O)N(CC=C)c3ccc(OCC)cc3)[C@H]3OC12CC3Br)c1ccc(OC)cc1. The molecule has 3 amide bonds. The van der Waals surface area contributed by atoms with Gasteiger partial charge >= 0.3 is 0 Å². The highest BCUT2D eigenvalue weighted by molar-refractivity contribution is 9.09. The number of aliphatic hydroxyl groups excluding tert-OH is 1. The summed E-state index contributed by atoms with van der Waals surface area (Å²) in [4.78, 5) is 47.9. The van der Waals surface area contributed by atoms with E-state index in [-0.39, 0.29) is 55.2 Å². The maximum Gasteiger partial charge on any atom is 0.253 e. The molecule has 0 aliphatic carbocycles. The summed E-state index contributed by atoms with van der Waals surface area (Å²) in [5.74, 6) is -1.33. The monoisotopic (exact) mass is 681 g/mol. The Morgan fingerprint density at radius 3 is 2.16 bits per heavy atom. The zero-order valence-corrected chi connectivity index (χ0v) is 27.2. The Morgan fingerprint density at radius 2 is 1.62 bits per heavy atom. The van der Waals surface area contributed by atoms with Crippen molar-refractivity contribution in [1.29, 1.82) is 0 Å².